The van der Waals surface area contributed by atoms with Gasteiger partial charge in [-0.2, -0.15) is 5.10 Å². The molecular formula is C13H15N3O3. The van der Waals surface area contributed by atoms with Gasteiger partial charge in [-0.25, -0.2) is 0 Å². The minimum Gasteiger partial charge on any atom is -0.385 e. The molecule has 0 heterocycles. The monoisotopic (exact) mass is 261 g/mol. The summed E-state index contributed by atoms with van der Waals surface area (Å²) in [4.78, 5) is 10.2. The number of aliphatic hydroxyl groups excluding tert-OH is 1. The van der Waals surface area contributed by atoms with E-state index in [2.05, 4.69) is 10.5 Å². The molecule has 2 rings (SSSR count). The molecule has 6 nitrogen and oxygen atoms in total. The maximum absolute atomic E-state index is 10.5. The highest BCUT2D eigenvalue weighted by atomic mass is 16.6. The Kier molecular flexibility index (Phi) is 4.25. The molecule has 2 N–H and O–H groups in total. The number of rotatable bonds is 4. The summed E-state index contributed by atoms with van der Waals surface area (Å²) >= 11 is 0. The van der Waals surface area contributed by atoms with Gasteiger partial charge in [0.15, 0.2) is 0 Å². The van der Waals surface area contributed by atoms with Crippen LogP contribution in [-0.4, -0.2) is 34.4 Å². The fraction of sp³-hybridized carbons (Fsp3) is 0.308. The molecule has 0 atom stereocenters. The second-order valence-electron chi connectivity index (χ2n) is 4.32. The normalized spacial score (nSPS) is 32.9. The summed E-state index contributed by atoms with van der Waals surface area (Å²) in [7, 11) is 0. The number of nitrogens with one attached hydrogen (secondary N) is 1. The maximum Gasteiger partial charge on any atom is 0.249 e. The average molecular weight is 261 g/mol. The van der Waals surface area contributed by atoms with Crippen LogP contribution in [0.2, 0.25) is 0 Å². The highest BCUT2D eigenvalue weighted by Crippen LogP contribution is 2.08. The first-order valence-corrected chi connectivity index (χ1v) is 5.99. The van der Waals surface area contributed by atoms with Gasteiger partial charge in [-0.1, -0.05) is 36.5 Å². The predicted molar refractivity (Wildman–Crippen MR) is 72.3 cm³/mol. The smallest absolute Gasteiger partial charge is 0.249 e. The second kappa shape index (κ2) is 6.10. The number of allylic oxidation sites excluding steroid dienone is 2. The van der Waals surface area contributed by atoms with E-state index in [1.54, 1.807) is 30.5 Å². The number of nitro groups is 1. The first-order valence-electron chi connectivity index (χ1n) is 5.99. The minimum absolute atomic E-state index is 0.0546. The highest BCUT2D eigenvalue weighted by molar-refractivity contribution is 5.66. The van der Waals surface area contributed by atoms with Gasteiger partial charge < -0.3 is 5.11 Å². The zero-order valence-corrected chi connectivity index (χ0v) is 10.2. The van der Waals surface area contributed by atoms with Crippen molar-refractivity contribution in [3.05, 3.63) is 58.7 Å². The van der Waals surface area contributed by atoms with E-state index < -0.39 is 12.1 Å². The largest absolute Gasteiger partial charge is 0.385 e. The van der Waals surface area contributed by atoms with Crippen molar-refractivity contribution >= 4 is 6.21 Å². The van der Waals surface area contributed by atoms with Gasteiger partial charge in [0.25, 0.3) is 0 Å². The second-order valence-corrected chi connectivity index (χ2v) is 4.32. The number of hydrogen-bond donors (Lipinski definition) is 2. The van der Waals surface area contributed by atoms with E-state index in [1.807, 2.05) is 12.2 Å². The van der Waals surface area contributed by atoms with Crippen LogP contribution in [0.15, 0.2) is 53.7 Å². The lowest BCUT2D eigenvalue weighted by Gasteiger charge is -2.13. The summed E-state index contributed by atoms with van der Waals surface area (Å²) in [6.45, 7) is 0. The van der Waals surface area contributed by atoms with Crippen molar-refractivity contribution in [3.8, 4) is 0 Å². The third-order valence-corrected chi connectivity index (χ3v) is 2.81. The molecule has 0 saturated carbocycles. The van der Waals surface area contributed by atoms with Crippen LogP contribution in [0.3, 0.4) is 0 Å². The van der Waals surface area contributed by atoms with Crippen molar-refractivity contribution in [1.82, 2.24) is 5.43 Å². The molecular weight excluding hydrogens is 246 g/mol. The van der Waals surface area contributed by atoms with E-state index in [4.69, 9.17) is 0 Å². The SMILES string of the molecule is O=[N+]([O-])C1C=CC(NN=CC2C=CC(O)C=C2)C=C1. The van der Waals surface area contributed by atoms with Crippen LogP contribution >= 0.6 is 0 Å². The van der Waals surface area contributed by atoms with Crippen LogP contribution in [0.1, 0.15) is 0 Å². The lowest BCUT2D eigenvalue weighted by atomic mass is 10.0. The molecule has 0 aromatic rings. The summed E-state index contributed by atoms with van der Waals surface area (Å²) < 4.78 is 0. The topological polar surface area (TPSA) is 87.8 Å². The van der Waals surface area contributed by atoms with E-state index in [-0.39, 0.29) is 16.9 Å². The summed E-state index contributed by atoms with van der Waals surface area (Å²) in [6.07, 6.45) is 14.8. The molecule has 2 aliphatic rings. The molecule has 0 aromatic carbocycles. The Labute approximate surface area is 110 Å². The molecule has 100 valence electrons. The number of nitrogens with zero attached hydrogens (tertiary/aromatic N) is 2. The Morgan fingerprint density at radius 1 is 1.11 bits per heavy atom. The molecule has 19 heavy (non-hydrogen) atoms. The van der Waals surface area contributed by atoms with Crippen molar-refractivity contribution < 1.29 is 10.0 Å². The van der Waals surface area contributed by atoms with Crippen LogP contribution in [-0.2, 0) is 0 Å². The van der Waals surface area contributed by atoms with Crippen LogP contribution in [0.25, 0.3) is 0 Å². The lowest BCUT2D eigenvalue weighted by Crippen LogP contribution is -2.26. The van der Waals surface area contributed by atoms with Gasteiger partial charge in [0.1, 0.15) is 0 Å². The molecule has 6 heteroatoms. The van der Waals surface area contributed by atoms with E-state index >= 15 is 0 Å². The van der Waals surface area contributed by atoms with Crippen LogP contribution in [0.5, 0.6) is 0 Å². The number of hydrogen-bond acceptors (Lipinski definition) is 5. The van der Waals surface area contributed by atoms with Crippen LogP contribution < -0.4 is 5.43 Å². The highest BCUT2D eigenvalue weighted by Gasteiger charge is 2.16. The Bertz CT molecular complexity index is 452. The van der Waals surface area contributed by atoms with Gasteiger partial charge in [0.2, 0.25) is 6.04 Å². The van der Waals surface area contributed by atoms with Crippen molar-refractivity contribution in [1.29, 1.82) is 0 Å². The van der Waals surface area contributed by atoms with E-state index in [9.17, 15) is 15.2 Å². The first kappa shape index (κ1) is 13.2. The molecule has 0 radical (unpaired) electrons. The van der Waals surface area contributed by atoms with Crippen molar-refractivity contribution in [2.24, 2.45) is 11.0 Å². The lowest BCUT2D eigenvalue weighted by molar-refractivity contribution is -0.496. The Balaban J connectivity index is 1.80. The molecule has 2 aliphatic carbocycles. The first-order chi connectivity index (χ1) is 9.15. The quantitative estimate of drug-likeness (QED) is 0.339. The molecule has 0 bridgehead atoms. The fourth-order valence-electron chi connectivity index (χ4n) is 1.75. The Hall–Kier alpha value is -2.21. The predicted octanol–water partition coefficient (Wildman–Crippen LogP) is 0.805. The summed E-state index contributed by atoms with van der Waals surface area (Å²) in [5.41, 5.74) is 2.88. The molecule has 0 saturated heterocycles. The van der Waals surface area contributed by atoms with E-state index in [1.165, 1.54) is 12.2 Å². The Morgan fingerprint density at radius 3 is 2.32 bits per heavy atom. The standard InChI is InChI=1S/C13H15N3O3/c17-13-7-1-10(2-8-13)9-14-15-11-3-5-12(6-4-11)16(18)19/h1-13,15,17H. The van der Waals surface area contributed by atoms with Gasteiger partial charge in [-0.15, -0.1) is 0 Å². The molecule has 0 unspecified atom stereocenters. The third kappa shape index (κ3) is 3.89. The van der Waals surface area contributed by atoms with Crippen LogP contribution in [0, 0.1) is 16.0 Å². The third-order valence-electron chi connectivity index (χ3n) is 2.81. The summed E-state index contributed by atoms with van der Waals surface area (Å²) in [6, 6.07) is -0.873. The van der Waals surface area contributed by atoms with Crippen molar-refractivity contribution in [2.45, 2.75) is 18.2 Å². The minimum atomic E-state index is -0.743. The zero-order valence-electron chi connectivity index (χ0n) is 10.2. The molecule has 0 fully saturated rings. The number of aliphatic hydroxyl groups is 1. The number of hydrazone groups is 1. The van der Waals surface area contributed by atoms with E-state index in [0.717, 1.165) is 0 Å². The van der Waals surface area contributed by atoms with Gasteiger partial charge >= 0.3 is 0 Å². The molecule has 0 aliphatic heterocycles. The fourth-order valence-corrected chi connectivity index (χ4v) is 1.75. The van der Waals surface area contributed by atoms with E-state index in [0.29, 0.717) is 0 Å². The zero-order chi connectivity index (χ0) is 13.7. The van der Waals surface area contributed by atoms with Crippen molar-refractivity contribution in [2.75, 3.05) is 0 Å². The van der Waals surface area contributed by atoms with Gasteiger partial charge in [-0.05, 0) is 12.2 Å². The molecule has 0 spiro atoms. The Morgan fingerprint density at radius 2 is 1.74 bits per heavy atom. The molecule has 0 aromatic heterocycles. The van der Waals surface area contributed by atoms with Crippen LogP contribution in [0.4, 0.5) is 0 Å². The van der Waals surface area contributed by atoms with Gasteiger partial charge in [0, 0.05) is 17.1 Å². The summed E-state index contributed by atoms with van der Waals surface area (Å²) in [5.74, 6) is 0.0546. The van der Waals surface area contributed by atoms with Gasteiger partial charge in [-0.3, -0.25) is 15.5 Å². The summed E-state index contributed by atoms with van der Waals surface area (Å²) in [5, 5.41) is 23.8. The van der Waals surface area contributed by atoms with Gasteiger partial charge in [0.05, 0.1) is 12.1 Å². The van der Waals surface area contributed by atoms with Crippen molar-refractivity contribution in [3.63, 3.8) is 0 Å². The average Bonchev–Trinajstić information content (AvgIpc) is 2.41. The maximum atomic E-state index is 10.5. The molecule has 0 amide bonds.